The van der Waals surface area contributed by atoms with Gasteiger partial charge in [0.1, 0.15) is 22.5 Å². The van der Waals surface area contributed by atoms with Crippen LogP contribution in [0.2, 0.25) is 5.15 Å². The minimum Gasteiger partial charge on any atom is -0.223 e. The fourth-order valence-electron chi connectivity index (χ4n) is 1.36. The van der Waals surface area contributed by atoms with E-state index in [4.69, 9.17) is 16.9 Å². The molecule has 0 spiro atoms. The molecule has 0 saturated heterocycles. The lowest BCUT2D eigenvalue weighted by Crippen LogP contribution is -2.10. The van der Waals surface area contributed by atoms with Gasteiger partial charge in [-0.2, -0.15) is 23.5 Å². The quantitative estimate of drug-likeness (QED) is 0.684. The van der Waals surface area contributed by atoms with Crippen molar-refractivity contribution in [3.63, 3.8) is 0 Å². The van der Waals surface area contributed by atoms with Gasteiger partial charge >= 0.3 is 6.18 Å². The number of fused-ring (bicyclic) bond motifs is 1. The number of hydrogen-bond donors (Lipinski definition) is 0. The number of nitriles is 1. The smallest absolute Gasteiger partial charge is 0.223 e. The molecule has 0 saturated carbocycles. The molecule has 0 N–H and O–H groups in total. The predicted octanol–water partition coefficient (Wildman–Crippen LogP) is 2.58. The Labute approximate surface area is 98.2 Å². The molecule has 2 rings (SSSR count). The molecule has 2 heterocycles. The first-order valence-corrected chi connectivity index (χ1v) is 4.75. The second-order valence-corrected chi connectivity index (χ2v) is 3.66. The zero-order valence-electron chi connectivity index (χ0n) is 8.38. The van der Waals surface area contributed by atoms with Crippen LogP contribution in [0.1, 0.15) is 17.0 Å². The van der Waals surface area contributed by atoms with Crippen LogP contribution in [0.4, 0.5) is 13.2 Å². The number of aryl methyl sites for hydroxylation is 1. The summed E-state index contributed by atoms with van der Waals surface area (Å²) < 4.78 is 38.5. The SMILES string of the molecule is Cc1nn2c(Cl)cc(C(F)(F)F)nc2c1C#N. The van der Waals surface area contributed by atoms with Gasteiger partial charge in [0.05, 0.1) is 5.69 Å². The van der Waals surface area contributed by atoms with E-state index in [-0.39, 0.29) is 22.1 Å². The molecular formula is C9H4ClF3N4. The van der Waals surface area contributed by atoms with Gasteiger partial charge < -0.3 is 0 Å². The van der Waals surface area contributed by atoms with Gasteiger partial charge in [0.2, 0.25) is 0 Å². The van der Waals surface area contributed by atoms with Gasteiger partial charge in [0, 0.05) is 6.07 Å². The maximum atomic E-state index is 12.5. The Balaban J connectivity index is 2.85. The Hall–Kier alpha value is -1.81. The molecule has 0 aliphatic rings. The fourth-order valence-corrected chi connectivity index (χ4v) is 1.58. The van der Waals surface area contributed by atoms with Crippen molar-refractivity contribution in [1.82, 2.24) is 14.6 Å². The van der Waals surface area contributed by atoms with Crippen LogP contribution in [-0.4, -0.2) is 14.6 Å². The summed E-state index contributed by atoms with van der Waals surface area (Å²) in [7, 11) is 0. The number of aromatic nitrogens is 3. The standard InChI is InChI=1S/C9H4ClF3N4/c1-4-5(3-14)8-15-6(9(11,12)13)2-7(10)17(8)16-4/h2H,1H3. The van der Waals surface area contributed by atoms with E-state index in [1.807, 2.05) is 0 Å². The first-order valence-electron chi connectivity index (χ1n) is 4.37. The van der Waals surface area contributed by atoms with Crippen molar-refractivity contribution in [3.8, 4) is 6.07 Å². The molecule has 0 amide bonds. The van der Waals surface area contributed by atoms with E-state index in [2.05, 4.69) is 10.1 Å². The van der Waals surface area contributed by atoms with Gasteiger partial charge in [-0.3, -0.25) is 0 Å². The Bertz CT molecular complexity index is 638. The molecule has 8 heteroatoms. The van der Waals surface area contributed by atoms with Gasteiger partial charge in [-0.15, -0.1) is 0 Å². The van der Waals surface area contributed by atoms with Gasteiger partial charge in [0.15, 0.2) is 5.65 Å². The summed E-state index contributed by atoms with van der Waals surface area (Å²) in [6, 6.07) is 2.42. The van der Waals surface area contributed by atoms with E-state index < -0.39 is 11.9 Å². The van der Waals surface area contributed by atoms with Crippen molar-refractivity contribution in [1.29, 1.82) is 5.26 Å². The van der Waals surface area contributed by atoms with Crippen molar-refractivity contribution in [2.45, 2.75) is 13.1 Å². The zero-order chi connectivity index (χ0) is 12.8. The molecule has 2 aromatic heterocycles. The number of hydrogen-bond acceptors (Lipinski definition) is 3. The highest BCUT2D eigenvalue weighted by Gasteiger charge is 2.34. The number of nitrogens with zero attached hydrogens (tertiary/aromatic N) is 4. The number of alkyl halides is 3. The summed E-state index contributed by atoms with van der Waals surface area (Å²) in [5, 5.41) is 12.4. The Kier molecular flexibility index (Phi) is 2.47. The van der Waals surface area contributed by atoms with Crippen molar-refractivity contribution in [3.05, 3.63) is 28.2 Å². The van der Waals surface area contributed by atoms with Crippen molar-refractivity contribution < 1.29 is 13.2 Å². The maximum Gasteiger partial charge on any atom is 0.433 e. The third-order valence-electron chi connectivity index (χ3n) is 2.12. The minimum absolute atomic E-state index is 0.0157. The summed E-state index contributed by atoms with van der Waals surface area (Å²) in [6.07, 6.45) is -4.61. The van der Waals surface area contributed by atoms with Crippen LogP contribution >= 0.6 is 11.6 Å². The molecule has 0 unspecified atom stereocenters. The average molecular weight is 261 g/mol. The first-order chi connectivity index (χ1) is 7.84. The van der Waals surface area contributed by atoms with E-state index in [1.165, 1.54) is 6.92 Å². The van der Waals surface area contributed by atoms with E-state index in [0.717, 1.165) is 4.52 Å². The molecule has 88 valence electrons. The van der Waals surface area contributed by atoms with Gasteiger partial charge in [-0.25, -0.2) is 9.50 Å². The molecule has 0 aliphatic carbocycles. The molecular weight excluding hydrogens is 257 g/mol. The summed E-state index contributed by atoms with van der Waals surface area (Å²) in [6.45, 7) is 1.50. The summed E-state index contributed by atoms with van der Waals surface area (Å²) in [5.74, 6) is 0. The zero-order valence-corrected chi connectivity index (χ0v) is 9.13. The van der Waals surface area contributed by atoms with Crippen LogP contribution in [0.15, 0.2) is 6.07 Å². The van der Waals surface area contributed by atoms with Crippen molar-refractivity contribution in [2.24, 2.45) is 0 Å². The third kappa shape index (κ3) is 1.80. The molecule has 0 fully saturated rings. The predicted molar refractivity (Wildman–Crippen MR) is 52.5 cm³/mol. The van der Waals surface area contributed by atoms with Gasteiger partial charge in [-0.05, 0) is 6.92 Å². The lowest BCUT2D eigenvalue weighted by atomic mass is 10.3. The molecule has 17 heavy (non-hydrogen) atoms. The van der Waals surface area contributed by atoms with E-state index >= 15 is 0 Å². The Morgan fingerprint density at radius 3 is 2.65 bits per heavy atom. The van der Waals surface area contributed by atoms with Crippen LogP contribution in [0, 0.1) is 18.3 Å². The molecule has 0 bridgehead atoms. The van der Waals surface area contributed by atoms with E-state index in [0.29, 0.717) is 6.07 Å². The van der Waals surface area contributed by atoms with Gasteiger partial charge in [0.25, 0.3) is 0 Å². The minimum atomic E-state index is -4.61. The fraction of sp³-hybridized carbons (Fsp3) is 0.222. The van der Waals surface area contributed by atoms with E-state index in [9.17, 15) is 13.2 Å². The summed E-state index contributed by atoms with van der Waals surface area (Å²) in [4.78, 5) is 3.37. The average Bonchev–Trinajstić information content (AvgIpc) is 2.53. The number of rotatable bonds is 0. The van der Waals surface area contributed by atoms with Gasteiger partial charge in [-0.1, -0.05) is 11.6 Å². The maximum absolute atomic E-state index is 12.5. The second kappa shape index (κ2) is 3.60. The molecule has 0 atom stereocenters. The lowest BCUT2D eigenvalue weighted by molar-refractivity contribution is -0.141. The van der Waals surface area contributed by atoms with Crippen LogP contribution in [0.25, 0.3) is 5.65 Å². The summed E-state index contributed by atoms with van der Waals surface area (Å²) >= 11 is 5.66. The first kappa shape index (κ1) is 11.7. The largest absolute Gasteiger partial charge is 0.433 e. The normalized spacial score (nSPS) is 11.8. The Morgan fingerprint density at radius 1 is 1.47 bits per heavy atom. The second-order valence-electron chi connectivity index (χ2n) is 3.27. The van der Waals surface area contributed by atoms with Crippen molar-refractivity contribution >= 4 is 17.2 Å². The molecule has 2 aromatic rings. The van der Waals surface area contributed by atoms with Crippen LogP contribution in [0.5, 0.6) is 0 Å². The molecule has 0 aliphatic heterocycles. The van der Waals surface area contributed by atoms with Crippen LogP contribution in [-0.2, 0) is 6.18 Å². The van der Waals surface area contributed by atoms with Crippen LogP contribution in [0.3, 0.4) is 0 Å². The Morgan fingerprint density at radius 2 is 2.12 bits per heavy atom. The highest BCUT2D eigenvalue weighted by Crippen LogP contribution is 2.30. The molecule has 0 aromatic carbocycles. The lowest BCUT2D eigenvalue weighted by Gasteiger charge is -2.06. The molecule has 0 radical (unpaired) electrons. The highest BCUT2D eigenvalue weighted by atomic mass is 35.5. The summed E-state index contributed by atoms with van der Waals surface area (Å²) in [5.41, 5.74) is -1.07. The monoisotopic (exact) mass is 260 g/mol. The number of halogens is 4. The van der Waals surface area contributed by atoms with Crippen molar-refractivity contribution in [2.75, 3.05) is 0 Å². The topological polar surface area (TPSA) is 54.0 Å². The molecule has 4 nitrogen and oxygen atoms in total. The highest BCUT2D eigenvalue weighted by molar-refractivity contribution is 6.29. The van der Waals surface area contributed by atoms with E-state index in [1.54, 1.807) is 6.07 Å². The van der Waals surface area contributed by atoms with Crippen LogP contribution < -0.4 is 0 Å². The third-order valence-corrected chi connectivity index (χ3v) is 2.39.